The summed E-state index contributed by atoms with van der Waals surface area (Å²) in [6.45, 7) is 0.609. The fraction of sp³-hybridized carbons (Fsp3) is 0.0465. The Bertz CT molecular complexity index is 2850. The smallest absolute Gasteiger partial charge is 0.257 e. The van der Waals surface area contributed by atoms with Gasteiger partial charge in [0.25, 0.3) is 5.69 Å². The fourth-order valence-corrected chi connectivity index (χ4v) is 7.51. The van der Waals surface area contributed by atoms with E-state index < -0.39 is 144 Å². The van der Waals surface area contributed by atoms with Gasteiger partial charge >= 0.3 is 0 Å². The third-order valence-corrected chi connectivity index (χ3v) is 10.3. The molecule has 0 atom stereocenters. The van der Waals surface area contributed by atoms with Crippen LogP contribution in [-0.4, -0.2) is 11.9 Å². The number of pyridine rings is 1. The Kier molecular flexibility index (Phi) is 13.5. The normalized spacial score (nSPS) is 11.4. The monoisotopic (exact) mass is 966 g/mol. The first-order valence-corrected chi connectivity index (χ1v) is 18.1. The summed E-state index contributed by atoms with van der Waals surface area (Å²) in [5.74, 6) is -71.5. The van der Waals surface area contributed by atoms with Crippen LogP contribution >= 0.6 is 0 Å². The Morgan fingerprint density at radius 3 is 1.04 bits per heavy atom. The number of carbonyl (C=O) groups excluding carboxylic acids is 1. The number of ketones is 1. The van der Waals surface area contributed by atoms with Gasteiger partial charge in [-0.05, 0) is 11.5 Å². The minimum Gasteiger partial charge on any atom is -0.286 e. The number of Topliss-reactive ketones (excluding diaryl/α,β-unsaturated/α-hetero) is 1. The van der Waals surface area contributed by atoms with Crippen molar-refractivity contribution in [3.63, 3.8) is 0 Å². The molecule has 0 aliphatic rings. The molecule has 0 spiro atoms. The quantitative estimate of drug-likeness (QED) is 0.0381. The predicted octanol–water partition coefficient (Wildman–Crippen LogP) is 9.12. The van der Waals surface area contributed by atoms with Crippen LogP contribution in [0.1, 0.15) is 22.5 Å². The Morgan fingerprint density at radius 1 is 0.418 bits per heavy atom. The zero-order valence-electron chi connectivity index (χ0n) is 32.2. The van der Waals surface area contributed by atoms with Crippen molar-refractivity contribution in [3.8, 4) is 6.07 Å². The van der Waals surface area contributed by atoms with Gasteiger partial charge in [0, 0.05) is 11.6 Å². The van der Waals surface area contributed by atoms with Crippen molar-refractivity contribution in [1.82, 2.24) is 0 Å². The summed E-state index contributed by atoms with van der Waals surface area (Å²) in [6.07, 6.45) is -5.41. The van der Waals surface area contributed by atoms with Gasteiger partial charge in [0.15, 0.2) is 82.5 Å². The van der Waals surface area contributed by atoms with E-state index in [2.05, 4.69) is 0 Å². The molecule has 1 heterocycles. The number of halogens is 20. The molecule has 6 aromatic carbocycles. The highest BCUT2D eigenvalue weighted by Crippen LogP contribution is 2.31. The zero-order chi connectivity index (χ0) is 49.7. The second-order valence-corrected chi connectivity index (χ2v) is 13.9. The molecule has 0 saturated carbocycles. The van der Waals surface area contributed by atoms with Gasteiger partial charge in [-0.1, -0.05) is 48.5 Å². The molecule has 7 aromatic rings. The van der Waals surface area contributed by atoms with Crippen LogP contribution in [0.25, 0.3) is 10.8 Å². The number of nitrogens with zero attached hydrogens (tertiary/aromatic N) is 2. The first-order valence-electron chi connectivity index (χ1n) is 18.1. The van der Waals surface area contributed by atoms with Crippen LogP contribution in [0, 0.1) is 128 Å². The number of hydrogen-bond acceptors (Lipinski definition) is 2. The largest absolute Gasteiger partial charge is 0.286 e. The molecule has 0 aliphatic carbocycles. The molecule has 67 heavy (non-hydrogen) atoms. The summed E-state index contributed by atoms with van der Waals surface area (Å²) < 4.78 is 296. The van der Waals surface area contributed by atoms with Crippen LogP contribution in [0.5, 0.6) is 0 Å². The van der Waals surface area contributed by atoms with Crippen LogP contribution in [0.3, 0.4) is 0 Å². The number of hydrogen-bond donors (Lipinski definition) is 0. The van der Waals surface area contributed by atoms with Crippen LogP contribution in [-0.2, 0) is 6.54 Å². The molecular weight excluding hydrogens is 951 g/mol. The number of aromatic nitrogens is 1. The summed E-state index contributed by atoms with van der Waals surface area (Å²) >= 11 is 0. The van der Waals surface area contributed by atoms with Gasteiger partial charge in [-0.3, -0.25) is 4.79 Å². The molecule has 0 aliphatic heterocycles. The Labute approximate surface area is 360 Å². The van der Waals surface area contributed by atoms with Gasteiger partial charge in [0.1, 0.15) is 59.1 Å². The van der Waals surface area contributed by atoms with Gasteiger partial charge < -0.3 is 0 Å². The molecule has 0 N–H and O–H groups in total. The second-order valence-electron chi connectivity index (χ2n) is 13.9. The average molecular weight is 966 g/mol. The SMILES string of the molecule is Fc1c(F)c(F)c([B-](c2c(F)c(F)c(F)c(F)c2F)(c2c(F)c(F)c(F)c(F)c2F)c2c(F)c(F)c(F)c(F)c2F)c(F)c1F.N#CCC(=O)c1c2ccccc2cc[n+]1Cc1ccccc1. The molecule has 0 unspecified atom stereocenters. The number of benzene rings is 6. The third-order valence-electron chi connectivity index (χ3n) is 10.3. The lowest BCUT2D eigenvalue weighted by Crippen LogP contribution is -2.81. The summed E-state index contributed by atoms with van der Waals surface area (Å²) in [5, 5.41) is 10.8. The molecule has 7 rings (SSSR count). The fourth-order valence-electron chi connectivity index (χ4n) is 7.51. The highest BCUT2D eigenvalue weighted by atomic mass is 19.2. The van der Waals surface area contributed by atoms with E-state index in [4.69, 9.17) is 5.26 Å². The number of nitriles is 1. The van der Waals surface area contributed by atoms with E-state index in [9.17, 15) is 57.5 Å². The van der Waals surface area contributed by atoms with E-state index in [-0.39, 0.29) is 12.2 Å². The van der Waals surface area contributed by atoms with Crippen LogP contribution < -0.4 is 26.4 Å². The summed E-state index contributed by atoms with van der Waals surface area (Å²) in [7, 11) is 0. The van der Waals surface area contributed by atoms with Gasteiger partial charge in [-0.2, -0.15) is 9.83 Å². The summed E-state index contributed by atoms with van der Waals surface area (Å²) in [6, 6.07) is 21.7. The van der Waals surface area contributed by atoms with Crippen LogP contribution in [0.4, 0.5) is 87.8 Å². The van der Waals surface area contributed by atoms with E-state index in [0.29, 0.717) is 12.2 Å². The molecule has 24 heteroatoms. The van der Waals surface area contributed by atoms with Gasteiger partial charge in [0.2, 0.25) is 5.78 Å². The summed E-state index contributed by atoms with van der Waals surface area (Å²) in [5.41, 5.74) is -12.6. The summed E-state index contributed by atoms with van der Waals surface area (Å²) in [4.78, 5) is 12.4. The van der Waals surface area contributed by atoms with Crippen LogP contribution in [0.15, 0.2) is 66.9 Å². The Hall–Kier alpha value is -7.45. The lowest BCUT2D eigenvalue weighted by molar-refractivity contribution is -0.688. The minimum absolute atomic E-state index is 0.108. The molecular formula is C43H15BF20N2O. The van der Waals surface area contributed by atoms with E-state index in [1.54, 1.807) is 0 Å². The first-order chi connectivity index (χ1) is 31.5. The number of fused-ring (bicyclic) bond motifs is 1. The van der Waals surface area contributed by atoms with E-state index in [1.807, 2.05) is 77.5 Å². The van der Waals surface area contributed by atoms with Crippen molar-refractivity contribution in [2.75, 3.05) is 0 Å². The lowest BCUT2D eigenvalue weighted by atomic mass is 9.12. The molecule has 0 saturated heterocycles. The lowest BCUT2D eigenvalue weighted by Gasteiger charge is -2.44. The Balaban J connectivity index is 0.000000279. The topological polar surface area (TPSA) is 44.7 Å². The van der Waals surface area contributed by atoms with Crippen molar-refractivity contribution in [2.24, 2.45) is 0 Å². The maximum Gasteiger partial charge on any atom is 0.257 e. The van der Waals surface area contributed by atoms with Crippen molar-refractivity contribution in [3.05, 3.63) is 194 Å². The van der Waals surface area contributed by atoms with Gasteiger partial charge in [-0.15, -0.1) is 21.9 Å². The predicted molar refractivity (Wildman–Crippen MR) is 193 cm³/mol. The van der Waals surface area contributed by atoms with Gasteiger partial charge in [-0.25, -0.2) is 87.8 Å². The third kappa shape index (κ3) is 7.74. The van der Waals surface area contributed by atoms with Crippen molar-refractivity contribution in [1.29, 1.82) is 5.26 Å². The van der Waals surface area contributed by atoms with E-state index in [1.165, 1.54) is 0 Å². The highest BCUT2D eigenvalue weighted by Gasteiger charge is 2.52. The van der Waals surface area contributed by atoms with Crippen LogP contribution in [0.2, 0.25) is 0 Å². The first kappa shape index (κ1) is 49.0. The number of carbonyl (C=O) groups is 1. The molecule has 346 valence electrons. The van der Waals surface area contributed by atoms with Crippen molar-refractivity contribution >= 4 is 44.6 Å². The van der Waals surface area contributed by atoms with Crippen molar-refractivity contribution < 1.29 is 97.2 Å². The molecule has 0 amide bonds. The number of rotatable bonds is 8. The van der Waals surface area contributed by atoms with Crippen molar-refractivity contribution in [2.45, 2.75) is 13.0 Å². The average Bonchev–Trinajstić information content (AvgIpc) is 3.31. The molecule has 0 bridgehead atoms. The molecule has 0 radical (unpaired) electrons. The zero-order valence-corrected chi connectivity index (χ0v) is 32.2. The molecule has 3 nitrogen and oxygen atoms in total. The molecule has 1 aromatic heterocycles. The maximum absolute atomic E-state index is 15.4. The molecule has 0 fully saturated rings. The van der Waals surface area contributed by atoms with Gasteiger partial charge in [0.05, 0.1) is 11.5 Å². The standard InChI is InChI=1S/C24BF20.C19H15N2O/c26-5-1(6(27)14(35)21(42)13(5)34)25(2-7(28)15(36)22(43)16(37)8(2)29,3-9(30)17(38)23(44)18(39)10(3)31)4-11(32)19(40)24(45)20(41)12(4)33;20-12-10-18(22)19-17-9-5-4-8-16(17)11-13-21(19)14-15-6-2-1-3-7-15/h;1-9,11,13H,10,14H2/q-1;+1. The maximum atomic E-state index is 15.4. The van der Waals surface area contributed by atoms with E-state index >= 15 is 35.1 Å². The Morgan fingerprint density at radius 2 is 0.716 bits per heavy atom. The van der Waals surface area contributed by atoms with E-state index in [0.717, 1.165) is 16.3 Å². The minimum atomic E-state index is -7.22. The second kappa shape index (κ2) is 18.4. The highest BCUT2D eigenvalue weighted by molar-refractivity contribution is 7.20.